The first kappa shape index (κ1) is 31.0. The second-order valence-corrected chi connectivity index (χ2v) is 9.80. The molecule has 0 aromatic heterocycles. The van der Waals surface area contributed by atoms with Gasteiger partial charge in [0.05, 0.1) is 43.8 Å². The molecule has 2 fully saturated rings. The van der Waals surface area contributed by atoms with E-state index in [0.29, 0.717) is 0 Å². The Kier molecular flexibility index (Phi) is 12.5. The van der Waals surface area contributed by atoms with Crippen molar-refractivity contribution in [1.82, 2.24) is 9.80 Å². The van der Waals surface area contributed by atoms with Crippen LogP contribution in [0.2, 0.25) is 0 Å². The predicted octanol–water partition coefficient (Wildman–Crippen LogP) is -8.69. The van der Waals surface area contributed by atoms with E-state index < -0.39 is 54.8 Å². The molecule has 0 radical (unpaired) electrons. The van der Waals surface area contributed by atoms with Crippen LogP contribution in [-0.4, -0.2) is 96.4 Å². The van der Waals surface area contributed by atoms with Crippen molar-refractivity contribution in [3.63, 3.8) is 0 Å². The molecule has 0 spiro atoms. The number of carbonyl (C=O) groups excluding carboxylic acids is 2. The molecule has 2 aliphatic rings. The van der Waals surface area contributed by atoms with Crippen molar-refractivity contribution in [1.29, 1.82) is 0 Å². The molecule has 2 heterocycles. The van der Waals surface area contributed by atoms with Crippen LogP contribution in [0.15, 0.2) is 0 Å². The topological polar surface area (TPSA) is 164 Å². The van der Waals surface area contributed by atoms with Crippen molar-refractivity contribution in [3.8, 4) is 24.7 Å². The van der Waals surface area contributed by atoms with Crippen molar-refractivity contribution in [2.45, 2.75) is 35.4 Å². The van der Waals surface area contributed by atoms with E-state index in [2.05, 4.69) is 11.8 Å². The van der Waals surface area contributed by atoms with Gasteiger partial charge in [0.25, 0.3) is 0 Å². The Morgan fingerprint density at radius 2 is 1.16 bits per heavy atom. The van der Waals surface area contributed by atoms with E-state index in [1.54, 1.807) is 0 Å². The van der Waals surface area contributed by atoms with E-state index in [-0.39, 0.29) is 98.1 Å². The molecule has 15 heteroatoms. The van der Waals surface area contributed by atoms with Crippen LogP contribution >= 0.6 is 0 Å². The predicted molar refractivity (Wildman–Crippen MR) is 95.7 cm³/mol. The minimum absolute atomic E-state index is 0. The molecular formula is C16H18N2Na2O9S2. The van der Waals surface area contributed by atoms with E-state index in [9.17, 15) is 35.5 Å². The summed E-state index contributed by atoms with van der Waals surface area (Å²) in [5.74, 6) is 1.70. The molecule has 0 aromatic rings. The van der Waals surface area contributed by atoms with Gasteiger partial charge in [0.15, 0.2) is 0 Å². The molecule has 11 nitrogen and oxygen atoms in total. The van der Waals surface area contributed by atoms with Crippen LogP contribution in [0.1, 0.15) is 12.8 Å². The maximum absolute atomic E-state index is 12.5. The maximum Gasteiger partial charge on any atom is 1.00 e. The summed E-state index contributed by atoms with van der Waals surface area (Å²) in [6.45, 7) is -0.336. The summed E-state index contributed by atoms with van der Waals surface area (Å²) < 4.78 is 73.6. The Bertz CT molecular complexity index is 894. The second-order valence-electron chi connectivity index (χ2n) is 6.62. The summed E-state index contributed by atoms with van der Waals surface area (Å²) in [7, 11) is -9.82. The molecule has 0 bridgehead atoms. The minimum Gasteiger partial charge on any atom is -0.748 e. The standard InChI is InChI=1S/C16H20N2O9S2.2Na/c1-3-7-17-9-5-11(28(21,22)23)13(17)15(19)27-16(20)14-12(29(24,25)26)6-10-18(14)8-4-2;;/h1-2,11-14H,5-10H2,(H,21,22,23)(H,24,25,26);;/q;2*+1/p-2/t11?,12?,13-,14-;;/m0../s1. The van der Waals surface area contributed by atoms with Gasteiger partial charge in [0.1, 0.15) is 12.1 Å². The SMILES string of the molecule is C#CCN1CCC(S(=O)(=O)[O-])[C@H]1C(=O)OC(=O)[C@@H]1C(S(=O)(=O)[O-])CCN1CC#C.[Na+].[Na+]. The van der Waals surface area contributed by atoms with Gasteiger partial charge in [-0.15, -0.1) is 12.8 Å². The normalized spacial score (nSPS) is 26.7. The zero-order valence-electron chi connectivity index (χ0n) is 17.1. The molecule has 31 heavy (non-hydrogen) atoms. The number of nitrogens with zero attached hydrogens (tertiary/aromatic N) is 2. The molecule has 2 aliphatic heterocycles. The van der Waals surface area contributed by atoms with Gasteiger partial charge in [-0.3, -0.25) is 9.80 Å². The number of ether oxygens (including phenoxy) is 1. The molecule has 0 N–H and O–H groups in total. The number of hydrogen-bond acceptors (Lipinski definition) is 11. The number of rotatable bonds is 6. The van der Waals surface area contributed by atoms with Crippen LogP contribution in [-0.2, 0) is 34.6 Å². The summed E-state index contributed by atoms with van der Waals surface area (Å²) >= 11 is 0. The van der Waals surface area contributed by atoms with Gasteiger partial charge in [0, 0.05) is 13.1 Å². The summed E-state index contributed by atoms with van der Waals surface area (Å²) in [5.41, 5.74) is 0. The maximum atomic E-state index is 12.5. The zero-order chi connectivity index (χ0) is 22.0. The molecule has 2 saturated heterocycles. The van der Waals surface area contributed by atoms with Crippen LogP contribution in [0, 0.1) is 24.7 Å². The molecule has 2 rings (SSSR count). The number of carbonyl (C=O) groups is 2. The quantitative estimate of drug-likeness (QED) is 0.114. The second kappa shape index (κ2) is 12.5. The average Bonchev–Trinajstić information content (AvgIpc) is 3.19. The molecule has 0 aromatic carbocycles. The Labute approximate surface area is 225 Å². The van der Waals surface area contributed by atoms with Crippen LogP contribution < -0.4 is 59.1 Å². The van der Waals surface area contributed by atoms with Gasteiger partial charge in [-0.1, -0.05) is 11.8 Å². The fourth-order valence-corrected chi connectivity index (χ4v) is 5.65. The largest absolute Gasteiger partial charge is 1.00 e. The molecule has 0 aliphatic carbocycles. The van der Waals surface area contributed by atoms with Gasteiger partial charge in [-0.25, -0.2) is 26.4 Å². The number of hydrogen-bond donors (Lipinski definition) is 0. The Balaban J connectivity index is 0.00000450. The third-order valence-electron chi connectivity index (χ3n) is 4.91. The van der Waals surface area contributed by atoms with Crippen molar-refractivity contribution in [2.75, 3.05) is 26.2 Å². The Morgan fingerprint density at radius 3 is 1.42 bits per heavy atom. The number of esters is 2. The molecular weight excluding hydrogens is 474 g/mol. The first-order valence-corrected chi connectivity index (χ1v) is 11.4. The summed E-state index contributed by atoms with van der Waals surface area (Å²) in [4.78, 5) is 27.5. The smallest absolute Gasteiger partial charge is 0.748 e. The van der Waals surface area contributed by atoms with Gasteiger partial charge >= 0.3 is 71.1 Å². The van der Waals surface area contributed by atoms with Gasteiger partial charge in [0.2, 0.25) is 0 Å². The van der Waals surface area contributed by atoms with Crippen molar-refractivity contribution in [3.05, 3.63) is 0 Å². The van der Waals surface area contributed by atoms with Crippen LogP contribution in [0.3, 0.4) is 0 Å². The van der Waals surface area contributed by atoms with Crippen LogP contribution in [0.5, 0.6) is 0 Å². The summed E-state index contributed by atoms with van der Waals surface area (Å²) in [6.07, 6.45) is 9.98. The summed E-state index contributed by atoms with van der Waals surface area (Å²) in [5, 5.41) is -3.36. The zero-order valence-corrected chi connectivity index (χ0v) is 22.7. The molecule has 0 saturated carbocycles. The van der Waals surface area contributed by atoms with Crippen LogP contribution in [0.4, 0.5) is 0 Å². The van der Waals surface area contributed by atoms with Crippen molar-refractivity contribution >= 4 is 32.2 Å². The fraction of sp³-hybridized carbons (Fsp3) is 0.625. The van der Waals surface area contributed by atoms with E-state index >= 15 is 0 Å². The van der Waals surface area contributed by atoms with E-state index in [1.807, 2.05) is 0 Å². The molecule has 160 valence electrons. The third-order valence-corrected chi connectivity index (χ3v) is 7.38. The summed E-state index contributed by atoms with van der Waals surface area (Å²) in [6, 6.07) is -3.25. The van der Waals surface area contributed by atoms with Gasteiger partial charge in [-0.2, -0.15) is 0 Å². The first-order valence-electron chi connectivity index (χ1n) is 8.41. The Morgan fingerprint density at radius 1 is 0.839 bits per heavy atom. The van der Waals surface area contributed by atoms with E-state index in [0.717, 1.165) is 0 Å². The fourth-order valence-electron chi connectivity index (χ4n) is 3.67. The van der Waals surface area contributed by atoms with Crippen molar-refractivity contribution < 1.29 is 99.4 Å². The molecule has 2 unspecified atom stereocenters. The molecule has 0 amide bonds. The van der Waals surface area contributed by atoms with Gasteiger partial charge < -0.3 is 13.8 Å². The van der Waals surface area contributed by atoms with Crippen molar-refractivity contribution in [2.24, 2.45) is 0 Å². The first-order chi connectivity index (χ1) is 13.4. The van der Waals surface area contributed by atoms with E-state index in [1.165, 1.54) is 9.80 Å². The number of terminal acetylenes is 2. The van der Waals surface area contributed by atoms with Gasteiger partial charge in [-0.05, 0) is 12.8 Å². The van der Waals surface area contributed by atoms with Crippen LogP contribution in [0.25, 0.3) is 0 Å². The monoisotopic (exact) mass is 492 g/mol. The Hall–Kier alpha value is 0. The third kappa shape index (κ3) is 7.50. The molecule has 4 atom stereocenters. The number of likely N-dealkylation sites (tertiary alicyclic amines) is 2. The van der Waals surface area contributed by atoms with E-state index in [4.69, 9.17) is 17.6 Å². The average molecular weight is 492 g/mol. The minimum atomic E-state index is -4.91.